The summed E-state index contributed by atoms with van der Waals surface area (Å²) in [5, 5.41) is 2.77. The van der Waals surface area contributed by atoms with Crippen molar-refractivity contribution < 1.29 is 9.18 Å². The number of hydrogen-bond acceptors (Lipinski definition) is 3. The first-order valence-corrected chi connectivity index (χ1v) is 6.58. The monoisotopic (exact) mass is 301 g/mol. The first-order valence-electron chi connectivity index (χ1n) is 6.58. The predicted molar refractivity (Wildman–Crippen MR) is 80.5 cm³/mol. The van der Waals surface area contributed by atoms with Crippen molar-refractivity contribution in [1.29, 1.82) is 0 Å². The molecule has 0 bridgehead atoms. The highest BCUT2D eigenvalue weighted by Gasteiger charge is 2.29. The maximum atomic E-state index is 12.8. The first kappa shape index (κ1) is 16.9. The Kier molecular flexibility index (Phi) is 6.39. The van der Waals surface area contributed by atoms with Crippen LogP contribution in [0.4, 0.5) is 10.1 Å². The fraction of sp³-hybridized carbons (Fsp3) is 0.500. The van der Waals surface area contributed by atoms with Gasteiger partial charge in [0.2, 0.25) is 5.91 Å². The van der Waals surface area contributed by atoms with E-state index in [1.54, 1.807) is 12.1 Å². The molecule has 0 radical (unpaired) electrons. The second kappa shape index (κ2) is 7.57. The molecule has 1 aliphatic rings. The molecule has 1 saturated heterocycles. The van der Waals surface area contributed by atoms with Crippen LogP contribution in [-0.2, 0) is 4.79 Å². The summed E-state index contributed by atoms with van der Waals surface area (Å²) in [4.78, 5) is 14.1. The van der Waals surface area contributed by atoms with Gasteiger partial charge in [0.1, 0.15) is 5.82 Å². The smallest absolute Gasteiger partial charge is 0.238 e. The van der Waals surface area contributed by atoms with Crippen molar-refractivity contribution >= 4 is 24.0 Å². The molecule has 2 atom stereocenters. The van der Waals surface area contributed by atoms with Gasteiger partial charge in [-0.25, -0.2) is 4.39 Å². The van der Waals surface area contributed by atoms with E-state index < -0.39 is 0 Å². The number of benzene rings is 1. The summed E-state index contributed by atoms with van der Waals surface area (Å²) in [6, 6.07) is 6.16. The Labute approximate surface area is 124 Å². The van der Waals surface area contributed by atoms with E-state index in [0.29, 0.717) is 30.7 Å². The molecule has 2 unspecified atom stereocenters. The minimum atomic E-state index is -0.308. The summed E-state index contributed by atoms with van der Waals surface area (Å²) in [5.74, 6) is 0.0988. The molecule has 0 aromatic heterocycles. The van der Waals surface area contributed by atoms with Gasteiger partial charge in [-0.3, -0.25) is 9.69 Å². The van der Waals surface area contributed by atoms with Crippen LogP contribution in [0.2, 0.25) is 0 Å². The lowest BCUT2D eigenvalue weighted by atomic mass is 10.1. The fourth-order valence-corrected chi connectivity index (χ4v) is 2.53. The second-order valence-electron chi connectivity index (χ2n) is 5.17. The number of amides is 1. The molecule has 4 nitrogen and oxygen atoms in total. The zero-order chi connectivity index (χ0) is 13.8. The SMILES string of the molecule is CC1CC(CN)CN1CC(=O)Nc1ccc(F)cc1.Cl. The summed E-state index contributed by atoms with van der Waals surface area (Å²) in [6.45, 7) is 4.00. The molecule has 1 aromatic carbocycles. The number of carbonyl (C=O) groups is 1. The van der Waals surface area contributed by atoms with Gasteiger partial charge in [-0.1, -0.05) is 0 Å². The normalized spacial score (nSPS) is 22.4. The Morgan fingerprint density at radius 2 is 2.10 bits per heavy atom. The second-order valence-corrected chi connectivity index (χ2v) is 5.17. The molecule has 2 rings (SSSR count). The highest BCUT2D eigenvalue weighted by Crippen LogP contribution is 2.21. The van der Waals surface area contributed by atoms with Gasteiger partial charge in [-0.05, 0) is 50.1 Å². The number of rotatable bonds is 4. The van der Waals surface area contributed by atoms with E-state index >= 15 is 0 Å². The number of nitrogens with two attached hydrogens (primary N) is 1. The number of carbonyl (C=O) groups excluding carboxylic acids is 1. The van der Waals surface area contributed by atoms with Gasteiger partial charge in [0.15, 0.2) is 0 Å². The van der Waals surface area contributed by atoms with Crippen LogP contribution in [0.3, 0.4) is 0 Å². The van der Waals surface area contributed by atoms with Crippen molar-refractivity contribution in [3.63, 3.8) is 0 Å². The van der Waals surface area contributed by atoms with E-state index in [-0.39, 0.29) is 24.1 Å². The third-order valence-electron chi connectivity index (χ3n) is 3.60. The highest BCUT2D eigenvalue weighted by molar-refractivity contribution is 5.92. The Balaban J connectivity index is 0.00000200. The number of likely N-dealkylation sites (tertiary alicyclic amines) is 1. The van der Waals surface area contributed by atoms with Crippen molar-refractivity contribution in [2.75, 3.05) is 25.0 Å². The van der Waals surface area contributed by atoms with Gasteiger partial charge >= 0.3 is 0 Å². The van der Waals surface area contributed by atoms with Crippen molar-refractivity contribution in [2.24, 2.45) is 11.7 Å². The highest BCUT2D eigenvalue weighted by atomic mass is 35.5. The summed E-state index contributed by atoms with van der Waals surface area (Å²) < 4.78 is 12.8. The van der Waals surface area contributed by atoms with Crippen molar-refractivity contribution in [3.8, 4) is 0 Å². The third kappa shape index (κ3) is 4.44. The number of halogens is 2. The van der Waals surface area contributed by atoms with Crippen LogP contribution in [0.1, 0.15) is 13.3 Å². The molecule has 3 N–H and O–H groups in total. The van der Waals surface area contributed by atoms with Gasteiger partial charge in [0.05, 0.1) is 6.54 Å². The van der Waals surface area contributed by atoms with E-state index in [4.69, 9.17) is 5.73 Å². The summed E-state index contributed by atoms with van der Waals surface area (Å²) in [5.41, 5.74) is 6.28. The molecule has 1 fully saturated rings. The largest absolute Gasteiger partial charge is 0.330 e. The van der Waals surface area contributed by atoms with E-state index in [1.165, 1.54) is 12.1 Å². The molecule has 1 heterocycles. The minimum absolute atomic E-state index is 0. The molecule has 1 aromatic rings. The maximum Gasteiger partial charge on any atom is 0.238 e. The molecule has 112 valence electrons. The Hall–Kier alpha value is -1.17. The van der Waals surface area contributed by atoms with Crippen molar-refractivity contribution in [1.82, 2.24) is 4.90 Å². The molecule has 6 heteroatoms. The topological polar surface area (TPSA) is 58.4 Å². The van der Waals surface area contributed by atoms with Crippen LogP contribution in [0, 0.1) is 11.7 Å². The Morgan fingerprint density at radius 3 is 2.65 bits per heavy atom. The minimum Gasteiger partial charge on any atom is -0.330 e. The molecule has 20 heavy (non-hydrogen) atoms. The van der Waals surface area contributed by atoms with Gasteiger partial charge in [-0.15, -0.1) is 12.4 Å². The van der Waals surface area contributed by atoms with E-state index in [9.17, 15) is 9.18 Å². The van der Waals surface area contributed by atoms with Crippen LogP contribution in [0.5, 0.6) is 0 Å². The third-order valence-corrected chi connectivity index (χ3v) is 3.60. The zero-order valence-electron chi connectivity index (χ0n) is 11.5. The van der Waals surface area contributed by atoms with Gasteiger partial charge in [-0.2, -0.15) is 0 Å². The van der Waals surface area contributed by atoms with Crippen molar-refractivity contribution in [3.05, 3.63) is 30.1 Å². The maximum absolute atomic E-state index is 12.8. The average molecular weight is 302 g/mol. The van der Waals surface area contributed by atoms with E-state index in [2.05, 4.69) is 17.1 Å². The average Bonchev–Trinajstić information content (AvgIpc) is 2.73. The first-order chi connectivity index (χ1) is 9.08. The van der Waals surface area contributed by atoms with Crippen LogP contribution >= 0.6 is 12.4 Å². The predicted octanol–water partition coefficient (Wildman–Crippen LogP) is 1.86. The van der Waals surface area contributed by atoms with Gasteiger partial charge < -0.3 is 11.1 Å². The summed E-state index contributed by atoms with van der Waals surface area (Å²) in [7, 11) is 0. The van der Waals surface area contributed by atoms with Crippen LogP contribution < -0.4 is 11.1 Å². The van der Waals surface area contributed by atoms with Crippen LogP contribution in [0.25, 0.3) is 0 Å². The molecule has 0 spiro atoms. The number of anilines is 1. The Morgan fingerprint density at radius 1 is 1.45 bits per heavy atom. The number of nitrogens with zero attached hydrogens (tertiary/aromatic N) is 1. The number of nitrogens with one attached hydrogen (secondary N) is 1. The molecule has 1 amide bonds. The summed E-state index contributed by atoms with van der Waals surface area (Å²) >= 11 is 0. The number of hydrogen-bond donors (Lipinski definition) is 2. The van der Waals surface area contributed by atoms with Crippen molar-refractivity contribution in [2.45, 2.75) is 19.4 Å². The summed E-state index contributed by atoms with van der Waals surface area (Å²) in [6.07, 6.45) is 1.04. The van der Waals surface area contributed by atoms with E-state index in [1.807, 2.05) is 0 Å². The molecule has 1 aliphatic heterocycles. The lowest BCUT2D eigenvalue weighted by molar-refractivity contribution is -0.117. The molecular formula is C14H21ClFN3O. The van der Waals surface area contributed by atoms with Crippen LogP contribution in [0.15, 0.2) is 24.3 Å². The lowest BCUT2D eigenvalue weighted by Gasteiger charge is -2.20. The van der Waals surface area contributed by atoms with Gasteiger partial charge in [0.25, 0.3) is 0 Å². The molecule has 0 aliphatic carbocycles. The van der Waals surface area contributed by atoms with E-state index in [0.717, 1.165) is 13.0 Å². The zero-order valence-corrected chi connectivity index (χ0v) is 12.3. The molecular weight excluding hydrogens is 281 g/mol. The Bertz CT molecular complexity index is 441. The lowest BCUT2D eigenvalue weighted by Crippen LogP contribution is -2.36. The fourth-order valence-electron chi connectivity index (χ4n) is 2.53. The van der Waals surface area contributed by atoms with Crippen LogP contribution in [-0.4, -0.2) is 36.5 Å². The standard InChI is InChI=1S/C14H20FN3O.ClH/c1-10-6-11(7-16)8-18(10)9-14(19)17-13-4-2-12(15)3-5-13;/h2-5,10-11H,6-9,16H2,1H3,(H,17,19);1H. The van der Waals surface area contributed by atoms with Gasteiger partial charge in [0, 0.05) is 18.3 Å². The molecule has 0 saturated carbocycles. The quantitative estimate of drug-likeness (QED) is 0.892.